The molecule has 1 aliphatic rings. The fourth-order valence-corrected chi connectivity index (χ4v) is 2.54. The Bertz CT molecular complexity index is 507. The van der Waals surface area contributed by atoms with E-state index in [0.29, 0.717) is 26.2 Å². The Balaban J connectivity index is 1.79. The van der Waals surface area contributed by atoms with Gasteiger partial charge in [-0.1, -0.05) is 30.3 Å². The Hall–Kier alpha value is -1.92. The number of carbonyl (C=O) groups excluding carboxylic acids is 2. The monoisotopic (exact) mass is 305 g/mol. The van der Waals surface area contributed by atoms with Crippen LogP contribution >= 0.6 is 0 Å². The van der Waals surface area contributed by atoms with Gasteiger partial charge in [0.05, 0.1) is 12.5 Å². The molecule has 0 aromatic heterocycles. The lowest BCUT2D eigenvalue weighted by Gasteiger charge is -2.17. The maximum atomic E-state index is 12.2. The van der Waals surface area contributed by atoms with Crippen molar-refractivity contribution < 1.29 is 14.3 Å². The number of hydrogen-bond acceptors (Lipinski definition) is 4. The summed E-state index contributed by atoms with van der Waals surface area (Å²) in [7, 11) is 1.59. The minimum absolute atomic E-state index is 0.00422. The first-order valence-electron chi connectivity index (χ1n) is 7.46. The maximum Gasteiger partial charge on any atom is 0.225 e. The molecule has 1 saturated heterocycles. The molecule has 1 aromatic rings. The molecular weight excluding hydrogens is 282 g/mol. The second kappa shape index (κ2) is 7.91. The number of nitrogens with two attached hydrogens (primary N) is 1. The number of amides is 2. The van der Waals surface area contributed by atoms with Gasteiger partial charge >= 0.3 is 0 Å². The number of methoxy groups -OCH3 is 1. The predicted octanol–water partition coefficient (Wildman–Crippen LogP) is 0.298. The first-order chi connectivity index (χ1) is 10.6. The van der Waals surface area contributed by atoms with E-state index >= 15 is 0 Å². The SMILES string of the molecule is COCCN1CC(C(=O)NCC(N)c2ccccc2)CC1=O. The van der Waals surface area contributed by atoms with E-state index in [4.69, 9.17) is 10.5 Å². The van der Waals surface area contributed by atoms with Crippen LogP contribution in [-0.4, -0.2) is 50.1 Å². The molecule has 0 radical (unpaired) electrons. The largest absolute Gasteiger partial charge is 0.383 e. The molecule has 1 aliphatic heterocycles. The zero-order chi connectivity index (χ0) is 15.9. The Kier molecular flexibility index (Phi) is 5.91. The van der Waals surface area contributed by atoms with Crippen LogP contribution in [0.1, 0.15) is 18.0 Å². The molecule has 0 bridgehead atoms. The Morgan fingerprint density at radius 3 is 2.86 bits per heavy atom. The molecule has 6 heteroatoms. The van der Waals surface area contributed by atoms with Crippen LogP contribution in [0.3, 0.4) is 0 Å². The number of nitrogens with zero attached hydrogens (tertiary/aromatic N) is 1. The number of likely N-dealkylation sites (tertiary alicyclic amines) is 1. The highest BCUT2D eigenvalue weighted by Crippen LogP contribution is 2.18. The van der Waals surface area contributed by atoms with Gasteiger partial charge < -0.3 is 20.7 Å². The van der Waals surface area contributed by atoms with E-state index in [1.807, 2.05) is 30.3 Å². The summed E-state index contributed by atoms with van der Waals surface area (Å²) in [5.74, 6) is -0.406. The molecular formula is C16H23N3O3. The van der Waals surface area contributed by atoms with E-state index in [1.165, 1.54) is 0 Å². The minimum Gasteiger partial charge on any atom is -0.383 e. The summed E-state index contributed by atoms with van der Waals surface area (Å²) in [6.45, 7) is 1.84. The van der Waals surface area contributed by atoms with Gasteiger partial charge in [0.2, 0.25) is 11.8 Å². The van der Waals surface area contributed by atoms with Gasteiger partial charge in [-0.05, 0) is 5.56 Å². The zero-order valence-electron chi connectivity index (χ0n) is 12.8. The van der Waals surface area contributed by atoms with Gasteiger partial charge in [0.15, 0.2) is 0 Å². The van der Waals surface area contributed by atoms with Gasteiger partial charge in [0.25, 0.3) is 0 Å². The molecule has 0 aliphatic carbocycles. The molecule has 2 rings (SSSR count). The highest BCUT2D eigenvalue weighted by atomic mass is 16.5. The summed E-state index contributed by atoms with van der Waals surface area (Å²) < 4.78 is 4.96. The van der Waals surface area contributed by atoms with E-state index < -0.39 is 0 Å². The predicted molar refractivity (Wildman–Crippen MR) is 82.9 cm³/mol. The Morgan fingerprint density at radius 2 is 2.18 bits per heavy atom. The standard InChI is InChI=1S/C16H23N3O3/c1-22-8-7-19-11-13(9-15(19)20)16(21)18-10-14(17)12-5-3-2-4-6-12/h2-6,13-14H,7-11,17H2,1H3,(H,18,21). The van der Waals surface area contributed by atoms with Crippen LogP contribution in [-0.2, 0) is 14.3 Å². The highest BCUT2D eigenvalue weighted by Gasteiger charge is 2.33. The third-order valence-electron chi connectivity index (χ3n) is 3.87. The molecule has 2 atom stereocenters. The van der Waals surface area contributed by atoms with Gasteiger partial charge in [-0.3, -0.25) is 9.59 Å². The van der Waals surface area contributed by atoms with Gasteiger partial charge in [0, 0.05) is 39.2 Å². The molecule has 6 nitrogen and oxygen atoms in total. The van der Waals surface area contributed by atoms with Gasteiger partial charge in [-0.2, -0.15) is 0 Å². The first-order valence-corrected chi connectivity index (χ1v) is 7.46. The van der Waals surface area contributed by atoms with E-state index in [0.717, 1.165) is 5.56 Å². The number of benzene rings is 1. The molecule has 22 heavy (non-hydrogen) atoms. The summed E-state index contributed by atoms with van der Waals surface area (Å²) in [6, 6.07) is 9.38. The fourth-order valence-electron chi connectivity index (χ4n) is 2.54. The summed E-state index contributed by atoms with van der Waals surface area (Å²) in [6.07, 6.45) is 0.260. The van der Waals surface area contributed by atoms with Gasteiger partial charge in [-0.25, -0.2) is 0 Å². The van der Waals surface area contributed by atoms with Crippen LogP contribution in [0.5, 0.6) is 0 Å². The Morgan fingerprint density at radius 1 is 1.45 bits per heavy atom. The smallest absolute Gasteiger partial charge is 0.225 e. The van der Waals surface area contributed by atoms with E-state index in [9.17, 15) is 9.59 Å². The van der Waals surface area contributed by atoms with Crippen LogP contribution in [0, 0.1) is 5.92 Å². The summed E-state index contributed by atoms with van der Waals surface area (Å²) in [5.41, 5.74) is 7.03. The average molecular weight is 305 g/mol. The van der Waals surface area contributed by atoms with Crippen molar-refractivity contribution in [3.05, 3.63) is 35.9 Å². The maximum absolute atomic E-state index is 12.2. The fraction of sp³-hybridized carbons (Fsp3) is 0.500. The van der Waals surface area contributed by atoms with E-state index in [2.05, 4.69) is 5.32 Å². The van der Waals surface area contributed by atoms with Crippen molar-refractivity contribution in [1.82, 2.24) is 10.2 Å². The van der Waals surface area contributed by atoms with Crippen molar-refractivity contribution in [3.63, 3.8) is 0 Å². The summed E-state index contributed by atoms with van der Waals surface area (Å²) in [4.78, 5) is 25.7. The first kappa shape index (κ1) is 16.5. The third-order valence-corrected chi connectivity index (χ3v) is 3.87. The number of nitrogens with one attached hydrogen (secondary N) is 1. The highest BCUT2D eigenvalue weighted by molar-refractivity contribution is 5.89. The van der Waals surface area contributed by atoms with Crippen LogP contribution in [0.25, 0.3) is 0 Å². The molecule has 2 amide bonds. The topological polar surface area (TPSA) is 84.7 Å². The average Bonchev–Trinajstić information content (AvgIpc) is 2.92. The van der Waals surface area contributed by atoms with Crippen molar-refractivity contribution in [2.24, 2.45) is 11.7 Å². The van der Waals surface area contributed by atoms with E-state index in [-0.39, 0.29) is 30.2 Å². The van der Waals surface area contributed by atoms with Crippen molar-refractivity contribution in [1.29, 1.82) is 0 Å². The molecule has 1 fully saturated rings. The summed E-state index contributed by atoms with van der Waals surface area (Å²) >= 11 is 0. The van der Waals surface area contributed by atoms with Crippen molar-refractivity contribution >= 4 is 11.8 Å². The molecule has 0 spiro atoms. The van der Waals surface area contributed by atoms with Crippen LogP contribution < -0.4 is 11.1 Å². The lowest BCUT2D eigenvalue weighted by molar-refractivity contribution is -0.129. The van der Waals surface area contributed by atoms with Crippen LogP contribution in [0.2, 0.25) is 0 Å². The van der Waals surface area contributed by atoms with E-state index in [1.54, 1.807) is 12.0 Å². The van der Waals surface area contributed by atoms with Crippen molar-refractivity contribution in [3.8, 4) is 0 Å². The number of ether oxygens (including phenoxy) is 1. The quantitative estimate of drug-likeness (QED) is 0.759. The minimum atomic E-state index is -0.299. The van der Waals surface area contributed by atoms with Crippen molar-refractivity contribution in [2.45, 2.75) is 12.5 Å². The lowest BCUT2D eigenvalue weighted by atomic mass is 10.1. The van der Waals surface area contributed by atoms with Crippen LogP contribution in [0.15, 0.2) is 30.3 Å². The second-order valence-electron chi connectivity index (χ2n) is 5.50. The van der Waals surface area contributed by atoms with Crippen molar-refractivity contribution in [2.75, 3.05) is 33.4 Å². The number of carbonyl (C=O) groups is 2. The molecule has 1 heterocycles. The third kappa shape index (κ3) is 4.29. The lowest BCUT2D eigenvalue weighted by Crippen LogP contribution is -2.37. The Labute approximate surface area is 130 Å². The number of rotatable bonds is 7. The molecule has 1 aromatic carbocycles. The molecule has 2 unspecified atom stereocenters. The normalized spacial score (nSPS) is 19.3. The van der Waals surface area contributed by atoms with Gasteiger partial charge in [0.1, 0.15) is 0 Å². The molecule has 120 valence electrons. The van der Waals surface area contributed by atoms with Crippen LogP contribution in [0.4, 0.5) is 0 Å². The van der Waals surface area contributed by atoms with Gasteiger partial charge in [-0.15, -0.1) is 0 Å². The zero-order valence-corrected chi connectivity index (χ0v) is 12.8. The second-order valence-corrected chi connectivity index (χ2v) is 5.50. The molecule has 0 saturated carbocycles. The summed E-state index contributed by atoms with van der Waals surface area (Å²) in [5, 5.41) is 2.85. The molecule has 3 N–H and O–H groups in total. The number of hydrogen-bond donors (Lipinski definition) is 2.